The zero-order valence-corrected chi connectivity index (χ0v) is 13.1. The molecule has 1 saturated carbocycles. The van der Waals surface area contributed by atoms with Crippen molar-refractivity contribution in [2.24, 2.45) is 5.41 Å². The molecule has 0 saturated heterocycles. The van der Waals surface area contributed by atoms with Gasteiger partial charge in [0.2, 0.25) is 0 Å². The Labute approximate surface area is 124 Å². The predicted molar refractivity (Wildman–Crippen MR) is 82.5 cm³/mol. The molecule has 2 unspecified atom stereocenters. The summed E-state index contributed by atoms with van der Waals surface area (Å²) < 4.78 is 1.90. The van der Waals surface area contributed by atoms with Crippen molar-refractivity contribution in [2.75, 3.05) is 5.32 Å². The van der Waals surface area contributed by atoms with Gasteiger partial charge in [-0.3, -0.25) is 0 Å². The third-order valence-corrected chi connectivity index (χ3v) is 5.20. The van der Waals surface area contributed by atoms with Gasteiger partial charge in [0, 0.05) is 29.2 Å². The van der Waals surface area contributed by atoms with Crippen LogP contribution >= 0.6 is 11.6 Å². The van der Waals surface area contributed by atoms with Gasteiger partial charge in [0.05, 0.1) is 5.69 Å². The first-order valence-corrected chi connectivity index (χ1v) is 7.58. The van der Waals surface area contributed by atoms with E-state index in [9.17, 15) is 0 Å². The fourth-order valence-corrected chi connectivity index (χ4v) is 2.95. The van der Waals surface area contributed by atoms with Crippen molar-refractivity contribution >= 4 is 22.9 Å². The Morgan fingerprint density at radius 2 is 2.20 bits per heavy atom. The van der Waals surface area contributed by atoms with Gasteiger partial charge in [-0.2, -0.15) is 5.10 Å². The van der Waals surface area contributed by atoms with Gasteiger partial charge in [0.25, 0.3) is 0 Å². The van der Waals surface area contributed by atoms with E-state index in [4.69, 9.17) is 11.6 Å². The van der Waals surface area contributed by atoms with Crippen molar-refractivity contribution in [3.8, 4) is 0 Å². The lowest BCUT2D eigenvalue weighted by Crippen LogP contribution is -2.54. The lowest BCUT2D eigenvalue weighted by atomic mass is 9.67. The number of fused-ring (bicyclic) bond motifs is 1. The lowest BCUT2D eigenvalue weighted by Gasteiger charge is -2.49. The van der Waals surface area contributed by atoms with Gasteiger partial charge < -0.3 is 5.32 Å². The second kappa shape index (κ2) is 4.62. The van der Waals surface area contributed by atoms with E-state index in [1.54, 1.807) is 6.20 Å². The highest BCUT2D eigenvalue weighted by Gasteiger charge is 2.47. The fraction of sp³-hybridized carbons (Fsp3) is 0.600. The average Bonchev–Trinajstić information content (AvgIpc) is 2.83. The molecule has 0 spiro atoms. The average molecular weight is 293 g/mol. The predicted octanol–water partition coefficient (Wildman–Crippen LogP) is 3.67. The Kier molecular flexibility index (Phi) is 3.16. The van der Waals surface area contributed by atoms with Crippen LogP contribution in [0, 0.1) is 5.41 Å². The van der Waals surface area contributed by atoms with Crippen molar-refractivity contribution in [2.45, 2.75) is 51.5 Å². The topological polar surface area (TPSA) is 42.2 Å². The SMILES string of the molecule is CC(C)c1cc2c(NC3CC(Cl)C3(C)C)nccn2n1. The van der Waals surface area contributed by atoms with Crippen molar-refractivity contribution in [3.05, 3.63) is 24.2 Å². The Bertz CT molecular complexity index is 632. The van der Waals surface area contributed by atoms with Crippen LogP contribution in [-0.4, -0.2) is 26.0 Å². The van der Waals surface area contributed by atoms with E-state index < -0.39 is 0 Å². The molecule has 1 aliphatic rings. The number of halogens is 1. The fourth-order valence-electron chi connectivity index (χ4n) is 2.62. The molecule has 0 aliphatic heterocycles. The summed E-state index contributed by atoms with van der Waals surface area (Å²) in [5.74, 6) is 1.31. The van der Waals surface area contributed by atoms with Crippen LogP contribution in [0.3, 0.4) is 0 Å². The number of anilines is 1. The molecular weight excluding hydrogens is 272 g/mol. The molecule has 2 heterocycles. The highest BCUT2D eigenvalue weighted by Crippen LogP contribution is 2.45. The molecule has 0 bridgehead atoms. The molecule has 2 atom stereocenters. The molecule has 1 N–H and O–H groups in total. The molecule has 0 radical (unpaired) electrons. The van der Waals surface area contributed by atoms with Crippen molar-refractivity contribution in [1.29, 1.82) is 0 Å². The van der Waals surface area contributed by atoms with Crippen LogP contribution in [0.25, 0.3) is 5.52 Å². The molecule has 2 aromatic rings. The van der Waals surface area contributed by atoms with Crippen molar-refractivity contribution in [1.82, 2.24) is 14.6 Å². The van der Waals surface area contributed by atoms with Gasteiger partial charge in [-0.05, 0) is 18.4 Å². The molecule has 3 rings (SSSR count). The molecular formula is C15H21ClN4. The van der Waals surface area contributed by atoms with E-state index in [0.717, 1.165) is 23.4 Å². The van der Waals surface area contributed by atoms with Gasteiger partial charge in [0.15, 0.2) is 5.82 Å². The molecule has 5 heteroatoms. The van der Waals surface area contributed by atoms with Crippen LogP contribution in [0.1, 0.15) is 45.7 Å². The minimum atomic E-state index is 0.0942. The van der Waals surface area contributed by atoms with Crippen molar-refractivity contribution < 1.29 is 0 Å². The van der Waals surface area contributed by atoms with Gasteiger partial charge in [-0.1, -0.05) is 27.7 Å². The molecule has 1 aliphatic carbocycles. The third-order valence-electron chi connectivity index (χ3n) is 4.46. The first kappa shape index (κ1) is 13.7. The summed E-state index contributed by atoms with van der Waals surface area (Å²) in [6.07, 6.45) is 4.65. The standard InChI is InChI=1S/C15H21ClN4/c1-9(2)10-7-11-14(17-5-6-20(11)19-10)18-13-8-12(16)15(13,3)4/h5-7,9,12-13H,8H2,1-4H3,(H,17,18). The Hall–Kier alpha value is -1.29. The molecule has 20 heavy (non-hydrogen) atoms. The first-order valence-electron chi connectivity index (χ1n) is 7.14. The minimum absolute atomic E-state index is 0.0942. The van der Waals surface area contributed by atoms with E-state index >= 15 is 0 Å². The van der Waals surface area contributed by atoms with Gasteiger partial charge in [-0.25, -0.2) is 9.50 Å². The second-order valence-electron chi connectivity index (χ2n) is 6.55. The van der Waals surface area contributed by atoms with Crippen LogP contribution in [0.4, 0.5) is 5.82 Å². The Balaban J connectivity index is 1.92. The number of hydrogen-bond acceptors (Lipinski definition) is 3. The quantitative estimate of drug-likeness (QED) is 0.878. The summed E-state index contributed by atoms with van der Waals surface area (Å²) in [7, 11) is 0. The van der Waals surface area contributed by atoms with Crippen LogP contribution in [0.15, 0.2) is 18.5 Å². The maximum Gasteiger partial charge on any atom is 0.152 e. The first-order chi connectivity index (χ1) is 9.39. The Morgan fingerprint density at radius 1 is 1.45 bits per heavy atom. The molecule has 0 amide bonds. The van der Waals surface area contributed by atoms with Crippen LogP contribution in [0.5, 0.6) is 0 Å². The van der Waals surface area contributed by atoms with Crippen LogP contribution in [-0.2, 0) is 0 Å². The third kappa shape index (κ3) is 2.06. The number of rotatable bonds is 3. The molecule has 108 valence electrons. The van der Waals surface area contributed by atoms with E-state index in [0.29, 0.717) is 12.0 Å². The van der Waals surface area contributed by atoms with Crippen LogP contribution in [0.2, 0.25) is 0 Å². The van der Waals surface area contributed by atoms with E-state index in [1.165, 1.54) is 0 Å². The number of aromatic nitrogens is 3. The smallest absolute Gasteiger partial charge is 0.152 e. The summed E-state index contributed by atoms with van der Waals surface area (Å²) in [5.41, 5.74) is 2.21. The van der Waals surface area contributed by atoms with Gasteiger partial charge >= 0.3 is 0 Å². The maximum absolute atomic E-state index is 6.29. The number of nitrogens with zero attached hydrogens (tertiary/aromatic N) is 3. The largest absolute Gasteiger partial charge is 0.365 e. The second-order valence-corrected chi connectivity index (χ2v) is 7.08. The zero-order chi connectivity index (χ0) is 14.5. The summed E-state index contributed by atoms with van der Waals surface area (Å²) in [6.45, 7) is 8.69. The summed E-state index contributed by atoms with van der Waals surface area (Å²) in [4.78, 5) is 4.48. The minimum Gasteiger partial charge on any atom is -0.365 e. The normalized spacial score (nSPS) is 24.9. The monoisotopic (exact) mass is 292 g/mol. The highest BCUT2D eigenvalue weighted by atomic mass is 35.5. The molecule has 0 aromatic carbocycles. The van der Waals surface area contributed by atoms with E-state index in [-0.39, 0.29) is 10.8 Å². The number of alkyl halides is 1. The molecule has 4 nitrogen and oxygen atoms in total. The summed E-state index contributed by atoms with van der Waals surface area (Å²) in [6, 6.07) is 2.48. The summed E-state index contributed by atoms with van der Waals surface area (Å²) >= 11 is 6.29. The Morgan fingerprint density at radius 3 is 2.80 bits per heavy atom. The lowest BCUT2D eigenvalue weighted by molar-refractivity contribution is 0.168. The van der Waals surface area contributed by atoms with Gasteiger partial charge in [0.1, 0.15) is 5.52 Å². The van der Waals surface area contributed by atoms with Crippen LogP contribution < -0.4 is 5.32 Å². The number of hydrogen-bond donors (Lipinski definition) is 1. The zero-order valence-electron chi connectivity index (χ0n) is 12.4. The van der Waals surface area contributed by atoms with Crippen molar-refractivity contribution in [3.63, 3.8) is 0 Å². The molecule has 1 fully saturated rings. The maximum atomic E-state index is 6.29. The molecule has 2 aromatic heterocycles. The van der Waals surface area contributed by atoms with Gasteiger partial charge in [-0.15, -0.1) is 11.6 Å². The van der Waals surface area contributed by atoms with E-state index in [2.05, 4.69) is 49.2 Å². The number of nitrogens with one attached hydrogen (secondary N) is 1. The van der Waals surface area contributed by atoms with E-state index in [1.807, 2.05) is 10.7 Å². The highest BCUT2D eigenvalue weighted by molar-refractivity contribution is 6.21. The summed E-state index contributed by atoms with van der Waals surface area (Å²) in [5, 5.41) is 8.36.